The quantitative estimate of drug-likeness (QED) is 0.570. The van der Waals surface area contributed by atoms with Crippen LogP contribution in [-0.4, -0.2) is 43.6 Å². The summed E-state index contributed by atoms with van der Waals surface area (Å²) >= 11 is 5.86. The molecule has 1 heterocycles. The number of carbonyl (C=O) groups excluding carboxylic acids is 2. The Morgan fingerprint density at radius 2 is 1.84 bits per heavy atom. The van der Waals surface area contributed by atoms with Gasteiger partial charge in [-0.25, -0.2) is 4.79 Å². The molecule has 3 aromatic rings. The number of urea groups is 1. The van der Waals surface area contributed by atoms with Crippen molar-refractivity contribution in [1.82, 2.24) is 4.90 Å². The normalized spacial score (nSPS) is 12.2. The number of carbonyl (C=O) groups is 2. The Kier molecular flexibility index (Phi) is 6.61. The third-order valence-electron chi connectivity index (χ3n) is 5.35. The summed E-state index contributed by atoms with van der Waals surface area (Å²) in [7, 11) is 1.69. The van der Waals surface area contributed by atoms with Crippen molar-refractivity contribution < 1.29 is 14.3 Å². The van der Waals surface area contributed by atoms with Crippen LogP contribution in [0.5, 0.6) is 5.75 Å². The largest absolute Gasteiger partial charge is 0.492 e. The van der Waals surface area contributed by atoms with Crippen LogP contribution >= 0.6 is 11.6 Å². The van der Waals surface area contributed by atoms with Crippen molar-refractivity contribution in [1.29, 1.82) is 0 Å². The third-order valence-corrected chi connectivity index (χ3v) is 5.60. The highest BCUT2D eigenvalue weighted by Crippen LogP contribution is 2.29. The van der Waals surface area contributed by atoms with E-state index in [4.69, 9.17) is 16.3 Å². The van der Waals surface area contributed by atoms with Gasteiger partial charge < -0.3 is 19.9 Å². The maximum absolute atomic E-state index is 13.1. The second kappa shape index (κ2) is 9.75. The van der Waals surface area contributed by atoms with Crippen LogP contribution < -0.4 is 15.0 Å². The van der Waals surface area contributed by atoms with Gasteiger partial charge in [0.05, 0.1) is 6.54 Å². The first-order chi connectivity index (χ1) is 15.5. The van der Waals surface area contributed by atoms with Crippen molar-refractivity contribution in [3.05, 3.63) is 88.9 Å². The Hall–Kier alpha value is -3.51. The van der Waals surface area contributed by atoms with Crippen LogP contribution in [0.2, 0.25) is 5.02 Å². The molecule has 6 nitrogen and oxygen atoms in total. The van der Waals surface area contributed by atoms with E-state index in [-0.39, 0.29) is 11.9 Å². The number of benzene rings is 3. The molecule has 0 radical (unpaired) electrons. The molecule has 32 heavy (non-hydrogen) atoms. The Morgan fingerprint density at radius 1 is 1.06 bits per heavy atom. The molecule has 0 spiro atoms. The summed E-state index contributed by atoms with van der Waals surface area (Å²) in [6, 6.07) is 21.7. The summed E-state index contributed by atoms with van der Waals surface area (Å²) in [5, 5.41) is 3.49. The van der Waals surface area contributed by atoms with E-state index in [9.17, 15) is 9.59 Å². The van der Waals surface area contributed by atoms with Gasteiger partial charge in [0, 0.05) is 35.6 Å². The Balaban J connectivity index is 1.33. The van der Waals surface area contributed by atoms with E-state index in [1.54, 1.807) is 60.5 Å². The SMILES string of the molecule is CN(CCOc1ccc(Cl)cc1)C(=O)Nc1cccc(C(=O)N2CCc3ccccc32)c1. The highest BCUT2D eigenvalue weighted by Gasteiger charge is 2.25. The van der Waals surface area contributed by atoms with Gasteiger partial charge >= 0.3 is 6.03 Å². The van der Waals surface area contributed by atoms with Gasteiger partial charge in [0.25, 0.3) is 5.91 Å². The molecule has 0 bridgehead atoms. The van der Waals surface area contributed by atoms with Crippen LogP contribution in [0.4, 0.5) is 16.2 Å². The summed E-state index contributed by atoms with van der Waals surface area (Å²) < 4.78 is 5.64. The molecule has 1 aliphatic heterocycles. The predicted molar refractivity (Wildman–Crippen MR) is 127 cm³/mol. The van der Waals surface area contributed by atoms with Gasteiger partial charge in [-0.15, -0.1) is 0 Å². The lowest BCUT2D eigenvalue weighted by Crippen LogP contribution is -2.34. The molecule has 0 aliphatic carbocycles. The van der Waals surface area contributed by atoms with Crippen LogP contribution in [0.3, 0.4) is 0 Å². The summed E-state index contributed by atoms with van der Waals surface area (Å²) in [5.41, 5.74) is 3.23. The van der Waals surface area contributed by atoms with Crippen LogP contribution in [0.25, 0.3) is 0 Å². The Morgan fingerprint density at radius 3 is 2.66 bits per heavy atom. The second-order valence-corrected chi connectivity index (χ2v) is 8.01. The first kappa shape index (κ1) is 21.7. The highest BCUT2D eigenvalue weighted by atomic mass is 35.5. The second-order valence-electron chi connectivity index (χ2n) is 7.57. The minimum absolute atomic E-state index is 0.0734. The number of likely N-dealkylation sites (N-methyl/N-ethyl adjacent to an activating group) is 1. The summed E-state index contributed by atoms with van der Waals surface area (Å²) in [5.74, 6) is 0.619. The van der Waals surface area contributed by atoms with Crippen LogP contribution in [0.15, 0.2) is 72.8 Å². The van der Waals surface area contributed by atoms with Crippen molar-refractivity contribution in [3.8, 4) is 5.75 Å². The first-order valence-corrected chi connectivity index (χ1v) is 10.8. The van der Waals surface area contributed by atoms with Crippen molar-refractivity contribution in [3.63, 3.8) is 0 Å². The molecule has 4 rings (SSSR count). The summed E-state index contributed by atoms with van der Waals surface area (Å²) in [6.45, 7) is 1.40. The van der Waals surface area contributed by atoms with Gasteiger partial charge in [-0.3, -0.25) is 4.79 Å². The number of anilines is 2. The summed E-state index contributed by atoms with van der Waals surface area (Å²) in [4.78, 5) is 28.9. The number of fused-ring (bicyclic) bond motifs is 1. The zero-order valence-corrected chi connectivity index (χ0v) is 18.5. The lowest BCUT2D eigenvalue weighted by Gasteiger charge is -2.20. The average molecular weight is 450 g/mol. The molecule has 3 aromatic carbocycles. The maximum Gasteiger partial charge on any atom is 0.321 e. The Labute approximate surface area is 192 Å². The number of para-hydroxylation sites is 1. The van der Waals surface area contributed by atoms with E-state index >= 15 is 0 Å². The van der Waals surface area contributed by atoms with Gasteiger partial charge in [0.1, 0.15) is 12.4 Å². The molecule has 164 valence electrons. The van der Waals surface area contributed by atoms with Crippen LogP contribution in [0, 0.1) is 0 Å². The summed E-state index contributed by atoms with van der Waals surface area (Å²) in [6.07, 6.45) is 0.848. The van der Waals surface area contributed by atoms with Crippen molar-refractivity contribution in [2.24, 2.45) is 0 Å². The monoisotopic (exact) mass is 449 g/mol. The van der Waals surface area contributed by atoms with E-state index in [1.807, 2.05) is 24.3 Å². The van der Waals surface area contributed by atoms with E-state index < -0.39 is 0 Å². The topological polar surface area (TPSA) is 61.9 Å². The molecule has 0 atom stereocenters. The van der Waals surface area contributed by atoms with E-state index in [0.29, 0.717) is 41.7 Å². The molecular weight excluding hydrogens is 426 g/mol. The smallest absolute Gasteiger partial charge is 0.321 e. The van der Waals surface area contributed by atoms with Gasteiger partial charge in [-0.1, -0.05) is 35.9 Å². The van der Waals surface area contributed by atoms with Gasteiger partial charge in [0.2, 0.25) is 0 Å². The minimum atomic E-state index is -0.277. The molecular formula is C25H24ClN3O3. The zero-order valence-electron chi connectivity index (χ0n) is 17.8. The molecule has 1 N–H and O–H groups in total. The third kappa shape index (κ3) is 5.03. The fourth-order valence-electron chi connectivity index (χ4n) is 3.59. The number of hydrogen-bond donors (Lipinski definition) is 1. The van der Waals surface area contributed by atoms with E-state index in [2.05, 4.69) is 5.32 Å². The molecule has 0 aromatic heterocycles. The number of amides is 3. The maximum atomic E-state index is 13.1. The average Bonchev–Trinajstić information content (AvgIpc) is 3.24. The molecule has 7 heteroatoms. The minimum Gasteiger partial charge on any atom is -0.492 e. The zero-order chi connectivity index (χ0) is 22.5. The number of nitrogens with one attached hydrogen (secondary N) is 1. The molecule has 0 saturated heterocycles. The number of ether oxygens (including phenoxy) is 1. The van der Waals surface area contributed by atoms with Crippen molar-refractivity contribution in [2.45, 2.75) is 6.42 Å². The lowest BCUT2D eigenvalue weighted by atomic mass is 10.1. The molecule has 0 unspecified atom stereocenters. The molecule has 0 saturated carbocycles. The molecule has 3 amide bonds. The first-order valence-electron chi connectivity index (χ1n) is 10.4. The number of nitrogens with zero attached hydrogens (tertiary/aromatic N) is 2. The number of rotatable bonds is 6. The number of halogens is 1. The van der Waals surface area contributed by atoms with Gasteiger partial charge in [-0.2, -0.15) is 0 Å². The molecule has 0 fully saturated rings. The standard InChI is InChI=1S/C25H24ClN3O3/c1-28(15-16-32-22-11-9-20(26)10-12-22)25(31)27-21-7-4-6-19(17-21)24(30)29-14-13-18-5-2-3-8-23(18)29/h2-12,17H,13-16H2,1H3,(H,27,31). The highest BCUT2D eigenvalue weighted by molar-refractivity contribution is 6.30. The van der Waals surface area contributed by atoms with Gasteiger partial charge in [-0.05, 0) is 60.5 Å². The fraction of sp³-hybridized carbons (Fsp3) is 0.200. The van der Waals surface area contributed by atoms with Crippen LogP contribution in [0.1, 0.15) is 15.9 Å². The van der Waals surface area contributed by atoms with Crippen molar-refractivity contribution in [2.75, 3.05) is 37.0 Å². The van der Waals surface area contributed by atoms with Crippen molar-refractivity contribution >= 4 is 34.9 Å². The predicted octanol–water partition coefficient (Wildman–Crippen LogP) is 5.09. The lowest BCUT2D eigenvalue weighted by molar-refractivity contribution is 0.0989. The van der Waals surface area contributed by atoms with E-state index in [1.165, 1.54) is 10.5 Å². The Bertz CT molecular complexity index is 1120. The fourth-order valence-corrected chi connectivity index (χ4v) is 3.71. The number of hydrogen-bond acceptors (Lipinski definition) is 3. The van der Waals surface area contributed by atoms with Crippen LogP contribution in [-0.2, 0) is 6.42 Å². The molecule has 1 aliphatic rings. The van der Waals surface area contributed by atoms with Gasteiger partial charge in [0.15, 0.2) is 0 Å². The van der Waals surface area contributed by atoms with E-state index in [0.717, 1.165) is 12.1 Å².